The number of unbranched alkanes of at least 4 members (excludes halogenated alkanes) is 46. The molecule has 0 aromatic carbocycles. The van der Waals surface area contributed by atoms with Crippen molar-refractivity contribution in [3.05, 3.63) is 0 Å². The SMILES string of the molecule is CCCCCCCCCCCCCCCCCC(=O)OC[C@H](COP(=O)(O)OC[C@@H](O)COP(=O)(O)OC[C@@H](COC(=O)CCCCCCCCCCCCCC)OC(=O)CCCCCCCCCCCC(C)C)OC(=O)CCCCCCCCCCCCCCCCC(C)C. The van der Waals surface area contributed by atoms with Crippen LogP contribution in [0.3, 0.4) is 0 Å². The van der Waals surface area contributed by atoms with Gasteiger partial charge in [-0.3, -0.25) is 37.3 Å². The van der Waals surface area contributed by atoms with Gasteiger partial charge in [-0.25, -0.2) is 9.13 Å². The van der Waals surface area contributed by atoms with Gasteiger partial charge in [0.05, 0.1) is 26.4 Å². The number of phosphoric acid groups is 2. The molecule has 0 aromatic heterocycles. The highest BCUT2D eigenvalue weighted by molar-refractivity contribution is 7.47. The van der Waals surface area contributed by atoms with Gasteiger partial charge in [0.25, 0.3) is 0 Å². The lowest BCUT2D eigenvalue weighted by atomic mass is 10.0. The summed E-state index contributed by atoms with van der Waals surface area (Å²) >= 11 is 0. The van der Waals surface area contributed by atoms with Crippen molar-refractivity contribution >= 4 is 39.5 Å². The van der Waals surface area contributed by atoms with Crippen LogP contribution >= 0.6 is 15.6 Å². The zero-order valence-corrected chi connectivity index (χ0v) is 64.5. The topological polar surface area (TPSA) is 237 Å². The molecule has 0 radical (unpaired) electrons. The van der Waals surface area contributed by atoms with Crippen LogP contribution in [-0.4, -0.2) is 96.7 Å². The summed E-state index contributed by atoms with van der Waals surface area (Å²) in [6.45, 7) is 9.61. The Morgan fingerprint density at radius 1 is 0.281 bits per heavy atom. The van der Waals surface area contributed by atoms with E-state index in [1.807, 2.05) is 0 Å². The van der Waals surface area contributed by atoms with Crippen molar-refractivity contribution in [3.63, 3.8) is 0 Å². The molecule has 0 fully saturated rings. The van der Waals surface area contributed by atoms with Crippen molar-refractivity contribution in [3.8, 4) is 0 Å². The fraction of sp³-hybridized carbons (Fsp3) is 0.948. The van der Waals surface area contributed by atoms with Gasteiger partial charge >= 0.3 is 39.5 Å². The molecule has 570 valence electrons. The maximum absolute atomic E-state index is 13.1. The molecule has 19 heteroatoms. The highest BCUT2D eigenvalue weighted by atomic mass is 31.2. The summed E-state index contributed by atoms with van der Waals surface area (Å²) in [5, 5.41) is 10.6. The molecule has 0 rings (SSSR count). The number of hydrogen-bond donors (Lipinski definition) is 3. The zero-order valence-electron chi connectivity index (χ0n) is 62.7. The summed E-state index contributed by atoms with van der Waals surface area (Å²) in [6, 6.07) is 0. The van der Waals surface area contributed by atoms with E-state index in [0.717, 1.165) is 102 Å². The molecule has 0 bridgehead atoms. The molecule has 96 heavy (non-hydrogen) atoms. The smallest absolute Gasteiger partial charge is 0.462 e. The van der Waals surface area contributed by atoms with Crippen LogP contribution in [0.1, 0.15) is 401 Å². The fourth-order valence-electron chi connectivity index (χ4n) is 11.8. The minimum atomic E-state index is -4.96. The van der Waals surface area contributed by atoms with Crippen molar-refractivity contribution in [1.29, 1.82) is 0 Å². The number of hydrogen-bond acceptors (Lipinski definition) is 15. The lowest BCUT2D eigenvalue weighted by molar-refractivity contribution is -0.161. The maximum atomic E-state index is 13.1. The third-order valence-corrected chi connectivity index (χ3v) is 19.9. The molecule has 0 aliphatic heterocycles. The second-order valence-corrected chi connectivity index (χ2v) is 31.6. The first kappa shape index (κ1) is 94.1. The van der Waals surface area contributed by atoms with E-state index in [1.54, 1.807) is 0 Å². The predicted molar refractivity (Wildman–Crippen MR) is 391 cm³/mol. The van der Waals surface area contributed by atoms with Crippen LogP contribution in [0.5, 0.6) is 0 Å². The lowest BCUT2D eigenvalue weighted by Crippen LogP contribution is -2.30. The Bertz CT molecular complexity index is 1860. The molecule has 17 nitrogen and oxygen atoms in total. The van der Waals surface area contributed by atoms with Crippen molar-refractivity contribution in [2.45, 2.75) is 419 Å². The van der Waals surface area contributed by atoms with Crippen LogP contribution in [0, 0.1) is 11.8 Å². The number of rotatable bonds is 76. The number of aliphatic hydroxyl groups excluding tert-OH is 1. The minimum Gasteiger partial charge on any atom is -0.462 e. The standard InChI is InChI=1S/C77H150O17P2/c1-7-9-11-13-15-17-19-21-22-26-30-36-42-48-54-60-75(80)88-65-72(93-76(81)61-55-49-43-37-31-27-24-23-25-28-33-39-45-51-57-69(3)4)67-91-95(83,84)89-63-71(78)64-90-96(85,86)92-68-73(94-77(82)62-56-50-44-38-32-34-40-46-52-58-70(5)6)66-87-74(79)59-53-47-41-35-29-20-18-16-14-12-10-8-2/h69-73,78H,7-68H2,1-6H3,(H,83,84)(H,85,86)/t71-,72-,73-/m1/s1. The number of carbonyl (C=O) groups is 4. The predicted octanol–water partition coefficient (Wildman–Crippen LogP) is 22.7. The highest BCUT2D eigenvalue weighted by Crippen LogP contribution is 2.45. The number of carbonyl (C=O) groups excluding carboxylic acids is 4. The summed E-state index contributed by atoms with van der Waals surface area (Å²) in [6.07, 6.45) is 56.7. The van der Waals surface area contributed by atoms with E-state index in [1.165, 1.54) is 218 Å². The van der Waals surface area contributed by atoms with Crippen LogP contribution in [0.15, 0.2) is 0 Å². The van der Waals surface area contributed by atoms with Gasteiger partial charge in [-0.2, -0.15) is 0 Å². The van der Waals surface area contributed by atoms with Gasteiger partial charge in [0.2, 0.25) is 0 Å². The summed E-state index contributed by atoms with van der Waals surface area (Å²) in [4.78, 5) is 72.9. The van der Waals surface area contributed by atoms with Crippen LogP contribution in [0.2, 0.25) is 0 Å². The maximum Gasteiger partial charge on any atom is 0.472 e. The van der Waals surface area contributed by atoms with Crippen LogP contribution in [0.25, 0.3) is 0 Å². The Hall–Kier alpha value is -1.94. The molecule has 0 aliphatic carbocycles. The normalized spacial score (nSPS) is 14.0. The van der Waals surface area contributed by atoms with Gasteiger partial charge in [0.1, 0.15) is 19.3 Å². The van der Waals surface area contributed by atoms with Crippen molar-refractivity contribution in [2.24, 2.45) is 11.8 Å². The molecule has 0 amide bonds. The molecule has 2 unspecified atom stereocenters. The molecule has 3 N–H and O–H groups in total. The van der Waals surface area contributed by atoms with E-state index in [-0.39, 0.29) is 25.7 Å². The van der Waals surface area contributed by atoms with E-state index in [4.69, 9.17) is 37.0 Å². The Morgan fingerprint density at radius 2 is 0.479 bits per heavy atom. The molecular weight excluding hydrogens is 1260 g/mol. The lowest BCUT2D eigenvalue weighted by Gasteiger charge is -2.21. The van der Waals surface area contributed by atoms with Crippen LogP contribution < -0.4 is 0 Å². The van der Waals surface area contributed by atoms with E-state index < -0.39 is 97.5 Å². The average Bonchev–Trinajstić information content (AvgIpc) is 2.19. The van der Waals surface area contributed by atoms with Crippen molar-refractivity contribution < 1.29 is 80.2 Å². The molecule has 0 saturated heterocycles. The van der Waals surface area contributed by atoms with Gasteiger partial charge in [0, 0.05) is 25.7 Å². The van der Waals surface area contributed by atoms with E-state index in [2.05, 4.69) is 41.5 Å². The number of esters is 4. The molecule has 0 aliphatic rings. The van der Waals surface area contributed by atoms with Crippen LogP contribution in [0.4, 0.5) is 0 Å². The number of phosphoric ester groups is 2. The highest BCUT2D eigenvalue weighted by Gasteiger charge is 2.30. The minimum absolute atomic E-state index is 0.106. The molecule has 0 saturated carbocycles. The third-order valence-electron chi connectivity index (χ3n) is 18.0. The van der Waals surface area contributed by atoms with Gasteiger partial charge in [-0.15, -0.1) is 0 Å². The van der Waals surface area contributed by atoms with Gasteiger partial charge < -0.3 is 33.8 Å². The Balaban J connectivity index is 5.26. The zero-order chi connectivity index (χ0) is 70.7. The van der Waals surface area contributed by atoms with Gasteiger partial charge in [0.15, 0.2) is 12.2 Å². The first-order valence-electron chi connectivity index (χ1n) is 40.0. The first-order chi connectivity index (χ1) is 46.4. The van der Waals surface area contributed by atoms with E-state index in [9.17, 15) is 43.2 Å². The number of aliphatic hydroxyl groups is 1. The molecule has 5 atom stereocenters. The van der Waals surface area contributed by atoms with E-state index in [0.29, 0.717) is 25.7 Å². The monoisotopic (exact) mass is 1410 g/mol. The van der Waals surface area contributed by atoms with Crippen molar-refractivity contribution in [1.82, 2.24) is 0 Å². The first-order valence-corrected chi connectivity index (χ1v) is 43.0. The molecule has 0 heterocycles. The fourth-order valence-corrected chi connectivity index (χ4v) is 13.4. The van der Waals surface area contributed by atoms with Gasteiger partial charge in [-0.1, -0.05) is 350 Å². The second kappa shape index (κ2) is 68.8. The molecular formula is C77H150O17P2. The van der Waals surface area contributed by atoms with Crippen molar-refractivity contribution in [2.75, 3.05) is 39.6 Å². The second-order valence-electron chi connectivity index (χ2n) is 28.7. The Morgan fingerprint density at radius 3 is 0.708 bits per heavy atom. The van der Waals surface area contributed by atoms with E-state index >= 15 is 0 Å². The quantitative estimate of drug-likeness (QED) is 0.0222. The largest absolute Gasteiger partial charge is 0.472 e. The summed E-state index contributed by atoms with van der Waals surface area (Å²) in [5.74, 6) is -0.581. The van der Waals surface area contributed by atoms with Gasteiger partial charge in [-0.05, 0) is 37.5 Å². The number of ether oxygens (including phenoxy) is 4. The average molecular weight is 1410 g/mol. The summed E-state index contributed by atoms with van der Waals surface area (Å²) < 4.78 is 68.6. The molecule has 0 aromatic rings. The third kappa shape index (κ3) is 70.5. The summed E-state index contributed by atoms with van der Waals surface area (Å²) in [7, 11) is -9.91. The Kier molecular flexibility index (Phi) is 67.4. The Labute approximate surface area is 588 Å². The summed E-state index contributed by atoms with van der Waals surface area (Å²) in [5.41, 5.74) is 0. The molecule has 0 spiro atoms. The van der Waals surface area contributed by atoms with Crippen LogP contribution in [-0.2, 0) is 65.4 Å².